The molecule has 0 aliphatic heterocycles. The Balaban J connectivity index is 2.06. The van der Waals surface area contributed by atoms with Crippen LogP contribution in [0, 0.1) is 5.92 Å². The van der Waals surface area contributed by atoms with Crippen LogP contribution >= 0.6 is 23.2 Å². The summed E-state index contributed by atoms with van der Waals surface area (Å²) in [5, 5.41) is 3.03. The first kappa shape index (κ1) is 25.1. The van der Waals surface area contributed by atoms with Crippen molar-refractivity contribution < 1.29 is 27.4 Å². The molecule has 8 nitrogen and oxygen atoms in total. The van der Waals surface area contributed by atoms with Gasteiger partial charge in [-0.1, -0.05) is 37.0 Å². The smallest absolute Gasteiger partial charge is 0.262 e. The molecule has 0 aromatic heterocycles. The van der Waals surface area contributed by atoms with Crippen LogP contribution in [0.3, 0.4) is 0 Å². The van der Waals surface area contributed by atoms with Crippen molar-refractivity contribution in [2.24, 2.45) is 5.92 Å². The zero-order valence-electron chi connectivity index (χ0n) is 17.5. The highest BCUT2D eigenvalue weighted by atomic mass is 35.5. The number of anilines is 1. The summed E-state index contributed by atoms with van der Waals surface area (Å²) in [4.78, 5) is 12.3. The number of nitrogens with one attached hydrogen (secondary N) is 2. The molecule has 0 spiro atoms. The quantitative estimate of drug-likeness (QED) is 0.522. The van der Waals surface area contributed by atoms with Crippen LogP contribution in [-0.2, 0) is 14.8 Å². The Hall–Kier alpha value is -2.20. The van der Waals surface area contributed by atoms with Gasteiger partial charge in [0.25, 0.3) is 5.91 Å². The molecule has 0 saturated heterocycles. The van der Waals surface area contributed by atoms with Crippen molar-refractivity contribution in [2.45, 2.75) is 18.7 Å². The Kier molecular flexibility index (Phi) is 8.81. The van der Waals surface area contributed by atoms with Crippen LogP contribution in [0.15, 0.2) is 35.2 Å². The molecule has 0 aliphatic carbocycles. The molecule has 0 bridgehead atoms. The summed E-state index contributed by atoms with van der Waals surface area (Å²) in [5.41, 5.74) is 0.348. The Morgan fingerprint density at radius 1 is 1.00 bits per heavy atom. The van der Waals surface area contributed by atoms with Gasteiger partial charge in [-0.3, -0.25) is 4.79 Å². The fraction of sp³-hybridized carbons (Fsp3) is 0.350. The van der Waals surface area contributed by atoms with Gasteiger partial charge in [-0.25, -0.2) is 13.1 Å². The van der Waals surface area contributed by atoms with Crippen molar-refractivity contribution in [2.75, 3.05) is 32.7 Å². The molecule has 11 heteroatoms. The van der Waals surface area contributed by atoms with Crippen molar-refractivity contribution in [3.8, 4) is 17.2 Å². The first-order valence-electron chi connectivity index (χ1n) is 9.20. The molecule has 31 heavy (non-hydrogen) atoms. The van der Waals surface area contributed by atoms with Crippen LogP contribution < -0.4 is 24.2 Å². The molecule has 0 radical (unpaired) electrons. The van der Waals surface area contributed by atoms with E-state index < -0.39 is 15.9 Å². The third-order valence-corrected chi connectivity index (χ3v) is 6.01. The number of hydrogen-bond donors (Lipinski definition) is 2. The maximum Gasteiger partial charge on any atom is 0.262 e. The number of carbonyl (C=O) groups is 1. The highest BCUT2D eigenvalue weighted by Gasteiger charge is 2.17. The summed E-state index contributed by atoms with van der Waals surface area (Å²) in [7, 11) is -0.799. The minimum absolute atomic E-state index is 0.00736. The minimum Gasteiger partial charge on any atom is -0.495 e. The van der Waals surface area contributed by atoms with E-state index in [4.69, 9.17) is 37.4 Å². The number of rotatable bonds is 10. The van der Waals surface area contributed by atoms with E-state index in [0.717, 1.165) is 0 Å². The molecule has 170 valence electrons. The molecule has 0 heterocycles. The number of halogens is 2. The number of amides is 1. The predicted octanol–water partition coefficient (Wildman–Crippen LogP) is 3.96. The zero-order chi connectivity index (χ0) is 23.2. The molecular weight excluding hydrogens is 467 g/mol. The second kappa shape index (κ2) is 10.9. The molecule has 1 amide bonds. The summed E-state index contributed by atoms with van der Waals surface area (Å²) in [6.45, 7) is 3.73. The first-order valence-corrected chi connectivity index (χ1v) is 11.4. The second-order valence-electron chi connectivity index (χ2n) is 6.86. The second-order valence-corrected chi connectivity index (χ2v) is 9.44. The van der Waals surface area contributed by atoms with Gasteiger partial charge < -0.3 is 19.5 Å². The first-order chi connectivity index (χ1) is 14.6. The van der Waals surface area contributed by atoms with Gasteiger partial charge in [0.1, 0.15) is 17.2 Å². The number of methoxy groups -OCH3 is 2. The Labute approximate surface area is 191 Å². The molecule has 2 rings (SSSR count). The molecule has 0 fully saturated rings. The zero-order valence-corrected chi connectivity index (χ0v) is 19.8. The monoisotopic (exact) mass is 490 g/mol. The molecular formula is C20H24Cl2N2O6S. The average molecular weight is 491 g/mol. The molecule has 2 aromatic rings. The van der Waals surface area contributed by atoms with Crippen LogP contribution in [0.4, 0.5) is 5.69 Å². The van der Waals surface area contributed by atoms with Crippen molar-refractivity contribution in [3.05, 3.63) is 40.4 Å². The molecule has 0 saturated carbocycles. The number of benzene rings is 2. The summed E-state index contributed by atoms with van der Waals surface area (Å²) in [6, 6.07) is 7.06. The molecule has 2 N–H and O–H groups in total. The van der Waals surface area contributed by atoms with E-state index in [1.54, 1.807) is 0 Å². The van der Waals surface area contributed by atoms with E-state index in [2.05, 4.69) is 10.0 Å². The van der Waals surface area contributed by atoms with Crippen LogP contribution in [0.5, 0.6) is 17.2 Å². The van der Waals surface area contributed by atoms with Crippen LogP contribution in [0.25, 0.3) is 0 Å². The number of carbonyl (C=O) groups excluding carboxylic acids is 1. The average Bonchev–Trinajstić information content (AvgIpc) is 2.72. The number of hydrogen-bond acceptors (Lipinski definition) is 6. The maximum atomic E-state index is 12.3. The molecule has 0 atom stereocenters. The number of sulfonamides is 1. The lowest BCUT2D eigenvalue weighted by Crippen LogP contribution is -2.27. The van der Waals surface area contributed by atoms with Gasteiger partial charge in [-0.15, -0.1) is 0 Å². The van der Waals surface area contributed by atoms with Gasteiger partial charge >= 0.3 is 0 Å². The lowest BCUT2D eigenvalue weighted by Gasteiger charge is -2.14. The highest BCUT2D eigenvalue weighted by molar-refractivity contribution is 7.89. The van der Waals surface area contributed by atoms with E-state index in [1.165, 1.54) is 44.6 Å². The van der Waals surface area contributed by atoms with Crippen molar-refractivity contribution >= 4 is 44.8 Å². The fourth-order valence-corrected chi connectivity index (χ4v) is 4.18. The third-order valence-electron chi connectivity index (χ3n) is 4.00. The van der Waals surface area contributed by atoms with Crippen LogP contribution in [0.2, 0.25) is 10.0 Å². The maximum absolute atomic E-state index is 12.3. The normalized spacial score (nSPS) is 11.3. The van der Waals surface area contributed by atoms with Crippen LogP contribution in [-0.4, -0.2) is 41.7 Å². The topological polar surface area (TPSA) is 103 Å². The van der Waals surface area contributed by atoms with Gasteiger partial charge in [-0.05, 0) is 24.1 Å². The van der Waals surface area contributed by atoms with E-state index in [9.17, 15) is 13.2 Å². The standard InChI is InChI=1S/C20H24Cl2N2O6S/c1-12(2)10-23-31(26,27)13-5-6-17(14(21)7-13)30-11-20(25)24-16-9-18(28-3)15(22)8-19(16)29-4/h5-9,12,23H,10-11H2,1-4H3,(H,24,25). The molecule has 2 aromatic carbocycles. The lowest BCUT2D eigenvalue weighted by atomic mass is 10.2. The van der Waals surface area contributed by atoms with Gasteiger partial charge in [0, 0.05) is 18.7 Å². The Morgan fingerprint density at radius 2 is 1.65 bits per heavy atom. The number of ether oxygens (including phenoxy) is 3. The third kappa shape index (κ3) is 6.90. The summed E-state index contributed by atoms with van der Waals surface area (Å²) < 4.78 is 42.9. The van der Waals surface area contributed by atoms with Gasteiger partial charge in [0.15, 0.2) is 6.61 Å². The molecule has 0 unspecified atom stereocenters. The van der Waals surface area contributed by atoms with E-state index >= 15 is 0 Å². The molecule has 0 aliphatic rings. The fourth-order valence-electron chi connectivity index (χ4n) is 2.41. The van der Waals surface area contributed by atoms with Crippen molar-refractivity contribution in [1.29, 1.82) is 0 Å². The van der Waals surface area contributed by atoms with Gasteiger partial charge in [0.2, 0.25) is 10.0 Å². The van der Waals surface area contributed by atoms with E-state index in [0.29, 0.717) is 28.8 Å². The van der Waals surface area contributed by atoms with E-state index in [-0.39, 0.29) is 28.2 Å². The summed E-state index contributed by atoms with van der Waals surface area (Å²) in [6.07, 6.45) is 0. The van der Waals surface area contributed by atoms with Gasteiger partial charge in [0.05, 0.1) is 34.8 Å². The Morgan fingerprint density at radius 3 is 2.23 bits per heavy atom. The minimum atomic E-state index is -3.69. The van der Waals surface area contributed by atoms with Gasteiger partial charge in [-0.2, -0.15) is 0 Å². The van der Waals surface area contributed by atoms with Crippen molar-refractivity contribution in [1.82, 2.24) is 4.72 Å². The van der Waals surface area contributed by atoms with Crippen LogP contribution in [0.1, 0.15) is 13.8 Å². The largest absolute Gasteiger partial charge is 0.495 e. The summed E-state index contributed by atoms with van der Waals surface area (Å²) in [5.74, 6) is 0.546. The SMILES string of the molecule is COc1cc(NC(=O)COc2ccc(S(=O)(=O)NCC(C)C)cc2Cl)c(OC)cc1Cl. The summed E-state index contributed by atoms with van der Waals surface area (Å²) >= 11 is 12.2. The van der Waals surface area contributed by atoms with Crippen molar-refractivity contribution in [3.63, 3.8) is 0 Å². The predicted molar refractivity (Wildman–Crippen MR) is 120 cm³/mol. The highest BCUT2D eigenvalue weighted by Crippen LogP contribution is 2.36. The Bertz CT molecular complexity index is 1040. The lowest BCUT2D eigenvalue weighted by molar-refractivity contribution is -0.118. The van der Waals surface area contributed by atoms with E-state index in [1.807, 2.05) is 13.8 Å².